The zero-order chi connectivity index (χ0) is 13.0. The first-order valence-corrected chi connectivity index (χ1v) is 6.34. The molecule has 1 aromatic carbocycles. The Kier molecular flexibility index (Phi) is 3.92. The minimum absolute atomic E-state index is 0.223. The number of amides is 2. The maximum Gasteiger partial charge on any atom is 0.319 e. The van der Waals surface area contributed by atoms with Crippen molar-refractivity contribution in [1.82, 2.24) is 5.32 Å². The lowest BCUT2D eigenvalue weighted by Gasteiger charge is -2.30. The predicted molar refractivity (Wildman–Crippen MR) is 75.0 cm³/mol. The molecule has 1 aromatic rings. The maximum atomic E-state index is 11.4. The molecule has 0 unspecified atom stereocenters. The second-order valence-electron chi connectivity index (χ2n) is 4.53. The van der Waals surface area contributed by atoms with E-state index in [2.05, 4.69) is 15.5 Å². The zero-order valence-corrected chi connectivity index (χ0v) is 10.7. The van der Waals surface area contributed by atoms with Gasteiger partial charge < -0.3 is 21.3 Å². The van der Waals surface area contributed by atoms with Crippen molar-refractivity contribution < 1.29 is 4.79 Å². The van der Waals surface area contributed by atoms with Crippen LogP contribution in [0.5, 0.6) is 0 Å². The fraction of sp³-hybridized carbons (Fsp3) is 0.462. The van der Waals surface area contributed by atoms with Gasteiger partial charge in [-0.1, -0.05) is 0 Å². The summed E-state index contributed by atoms with van der Waals surface area (Å²) in [6, 6.07) is 5.43. The molecule has 5 nitrogen and oxygen atoms in total. The molecule has 1 aliphatic heterocycles. The van der Waals surface area contributed by atoms with E-state index < -0.39 is 0 Å². The lowest BCUT2D eigenvalue weighted by Crippen LogP contribution is -2.31. The van der Waals surface area contributed by atoms with E-state index in [1.807, 2.05) is 12.1 Å². The number of nitrogens with two attached hydrogens (primary N) is 1. The summed E-state index contributed by atoms with van der Waals surface area (Å²) in [7, 11) is 1.60. The predicted octanol–water partition coefficient (Wildman–Crippen LogP) is 2.01. The van der Waals surface area contributed by atoms with E-state index in [1.165, 1.54) is 19.3 Å². The molecule has 0 aromatic heterocycles. The van der Waals surface area contributed by atoms with Crippen LogP contribution in [0.15, 0.2) is 18.2 Å². The van der Waals surface area contributed by atoms with Gasteiger partial charge in [-0.25, -0.2) is 4.79 Å². The van der Waals surface area contributed by atoms with Gasteiger partial charge in [0.05, 0.1) is 11.4 Å². The summed E-state index contributed by atoms with van der Waals surface area (Å²) in [6.45, 7) is 2.07. The number of piperidine rings is 1. The van der Waals surface area contributed by atoms with Crippen molar-refractivity contribution >= 4 is 23.1 Å². The summed E-state index contributed by atoms with van der Waals surface area (Å²) in [6.07, 6.45) is 3.68. The highest BCUT2D eigenvalue weighted by Crippen LogP contribution is 2.30. The first kappa shape index (κ1) is 12.5. The number of rotatable bonds is 2. The molecule has 0 saturated carbocycles. The molecule has 2 amide bonds. The second-order valence-corrected chi connectivity index (χ2v) is 4.53. The molecule has 1 heterocycles. The van der Waals surface area contributed by atoms with Crippen LogP contribution in [0.2, 0.25) is 0 Å². The van der Waals surface area contributed by atoms with Crippen LogP contribution in [0.4, 0.5) is 21.9 Å². The van der Waals surface area contributed by atoms with Crippen LogP contribution in [0.3, 0.4) is 0 Å². The van der Waals surface area contributed by atoms with E-state index in [0.717, 1.165) is 24.5 Å². The van der Waals surface area contributed by atoms with Gasteiger partial charge in [-0.2, -0.15) is 0 Å². The van der Waals surface area contributed by atoms with Crippen LogP contribution in [0.25, 0.3) is 0 Å². The summed E-state index contributed by atoms with van der Waals surface area (Å²) in [5.74, 6) is 0. The fourth-order valence-electron chi connectivity index (χ4n) is 2.25. The Morgan fingerprint density at radius 2 is 2.00 bits per heavy atom. The van der Waals surface area contributed by atoms with Crippen LogP contribution in [-0.4, -0.2) is 26.2 Å². The SMILES string of the molecule is CNC(=O)Nc1cc(N)ccc1N1CCCCC1. The van der Waals surface area contributed by atoms with E-state index >= 15 is 0 Å². The molecule has 0 radical (unpaired) electrons. The third-order valence-electron chi connectivity index (χ3n) is 3.19. The summed E-state index contributed by atoms with van der Waals surface area (Å²) >= 11 is 0. The monoisotopic (exact) mass is 248 g/mol. The molecular weight excluding hydrogens is 228 g/mol. The van der Waals surface area contributed by atoms with Gasteiger partial charge in [0.1, 0.15) is 0 Å². The van der Waals surface area contributed by atoms with Crippen molar-refractivity contribution in [1.29, 1.82) is 0 Å². The molecule has 4 N–H and O–H groups in total. The number of nitrogens with one attached hydrogen (secondary N) is 2. The quantitative estimate of drug-likeness (QED) is 0.701. The molecule has 1 aliphatic rings. The molecule has 98 valence electrons. The van der Waals surface area contributed by atoms with Gasteiger partial charge in [0.25, 0.3) is 0 Å². The summed E-state index contributed by atoms with van der Waals surface area (Å²) in [4.78, 5) is 13.7. The number of hydrogen-bond acceptors (Lipinski definition) is 3. The standard InChI is InChI=1S/C13H20N4O/c1-15-13(18)16-11-9-10(14)5-6-12(11)17-7-3-2-4-8-17/h5-6,9H,2-4,7-8,14H2,1H3,(H2,15,16,18). The van der Waals surface area contributed by atoms with Gasteiger partial charge in [-0.3, -0.25) is 0 Å². The molecule has 1 saturated heterocycles. The lowest BCUT2D eigenvalue weighted by molar-refractivity contribution is 0.254. The summed E-state index contributed by atoms with van der Waals surface area (Å²) in [5.41, 5.74) is 8.26. The Labute approximate surface area is 107 Å². The third-order valence-corrected chi connectivity index (χ3v) is 3.19. The van der Waals surface area contributed by atoms with Gasteiger partial charge >= 0.3 is 6.03 Å². The van der Waals surface area contributed by atoms with E-state index in [9.17, 15) is 4.79 Å². The zero-order valence-electron chi connectivity index (χ0n) is 10.7. The number of nitrogen functional groups attached to an aromatic ring is 1. The van der Waals surface area contributed by atoms with E-state index in [0.29, 0.717) is 5.69 Å². The van der Waals surface area contributed by atoms with Crippen molar-refractivity contribution in [3.63, 3.8) is 0 Å². The average Bonchev–Trinajstić information content (AvgIpc) is 2.40. The Morgan fingerprint density at radius 1 is 1.28 bits per heavy atom. The molecule has 5 heteroatoms. The third kappa shape index (κ3) is 2.85. The number of hydrogen-bond donors (Lipinski definition) is 3. The number of anilines is 3. The first-order chi connectivity index (χ1) is 8.70. The average molecular weight is 248 g/mol. The highest BCUT2D eigenvalue weighted by atomic mass is 16.2. The van der Waals surface area contributed by atoms with Crippen LogP contribution in [0.1, 0.15) is 19.3 Å². The topological polar surface area (TPSA) is 70.4 Å². The Hall–Kier alpha value is -1.91. The van der Waals surface area contributed by atoms with Crippen molar-refractivity contribution in [2.24, 2.45) is 0 Å². The van der Waals surface area contributed by atoms with Gasteiger partial charge in [0.2, 0.25) is 0 Å². The maximum absolute atomic E-state index is 11.4. The number of benzene rings is 1. The molecule has 2 rings (SSSR count). The van der Waals surface area contributed by atoms with Crippen LogP contribution >= 0.6 is 0 Å². The van der Waals surface area contributed by atoms with E-state index in [-0.39, 0.29) is 6.03 Å². The van der Waals surface area contributed by atoms with Crippen molar-refractivity contribution in [2.45, 2.75) is 19.3 Å². The van der Waals surface area contributed by atoms with Crippen LogP contribution < -0.4 is 21.3 Å². The number of carbonyl (C=O) groups excluding carboxylic acids is 1. The summed E-state index contributed by atoms with van der Waals surface area (Å²) in [5, 5.41) is 5.38. The molecular formula is C13H20N4O. The molecule has 1 fully saturated rings. The van der Waals surface area contributed by atoms with E-state index in [1.54, 1.807) is 13.1 Å². The van der Waals surface area contributed by atoms with Crippen molar-refractivity contribution in [3.05, 3.63) is 18.2 Å². The highest BCUT2D eigenvalue weighted by Gasteiger charge is 2.15. The van der Waals surface area contributed by atoms with Gasteiger partial charge in [-0.05, 0) is 37.5 Å². The Bertz CT molecular complexity index is 427. The van der Waals surface area contributed by atoms with Crippen LogP contribution in [0, 0.1) is 0 Å². The smallest absolute Gasteiger partial charge is 0.319 e. The van der Waals surface area contributed by atoms with Crippen LogP contribution in [-0.2, 0) is 0 Å². The second kappa shape index (κ2) is 5.62. The summed E-state index contributed by atoms with van der Waals surface area (Å²) < 4.78 is 0. The van der Waals surface area contributed by atoms with Gasteiger partial charge in [-0.15, -0.1) is 0 Å². The lowest BCUT2D eigenvalue weighted by atomic mass is 10.1. The molecule has 0 bridgehead atoms. The normalized spacial score (nSPS) is 15.3. The van der Waals surface area contributed by atoms with E-state index in [4.69, 9.17) is 5.73 Å². The number of nitrogens with zero attached hydrogens (tertiary/aromatic N) is 1. The minimum Gasteiger partial charge on any atom is -0.399 e. The Morgan fingerprint density at radius 3 is 2.67 bits per heavy atom. The molecule has 0 aliphatic carbocycles. The molecule has 18 heavy (non-hydrogen) atoms. The fourth-order valence-corrected chi connectivity index (χ4v) is 2.25. The highest BCUT2D eigenvalue weighted by molar-refractivity contribution is 5.94. The van der Waals surface area contributed by atoms with Gasteiger partial charge in [0.15, 0.2) is 0 Å². The molecule has 0 spiro atoms. The number of urea groups is 1. The van der Waals surface area contributed by atoms with Crippen molar-refractivity contribution in [2.75, 3.05) is 36.1 Å². The van der Waals surface area contributed by atoms with Crippen molar-refractivity contribution in [3.8, 4) is 0 Å². The Balaban J connectivity index is 2.24. The van der Waals surface area contributed by atoms with Gasteiger partial charge in [0, 0.05) is 25.8 Å². The molecule has 0 atom stereocenters. The minimum atomic E-state index is -0.223. The largest absolute Gasteiger partial charge is 0.399 e. The number of carbonyl (C=O) groups is 1. The first-order valence-electron chi connectivity index (χ1n) is 6.34.